The maximum atomic E-state index is 13.2. The second-order valence-electron chi connectivity index (χ2n) is 9.01. The van der Waals surface area contributed by atoms with Gasteiger partial charge < -0.3 is 21.7 Å². The van der Waals surface area contributed by atoms with Gasteiger partial charge in [0.15, 0.2) is 0 Å². The number of carbonyl (C=O) groups is 4. The molecule has 0 heterocycles. The van der Waals surface area contributed by atoms with Crippen molar-refractivity contribution in [3.05, 3.63) is 131 Å². The second kappa shape index (κ2) is 13.8. The zero-order chi connectivity index (χ0) is 29.2. The number of primary amides is 1. The Morgan fingerprint density at radius 2 is 1.44 bits per heavy atom. The van der Waals surface area contributed by atoms with E-state index in [0.29, 0.717) is 16.9 Å². The lowest BCUT2D eigenvalue weighted by Gasteiger charge is -2.12. The van der Waals surface area contributed by atoms with E-state index >= 15 is 0 Å². The van der Waals surface area contributed by atoms with E-state index in [1.54, 1.807) is 78.9 Å². The van der Waals surface area contributed by atoms with E-state index in [-0.39, 0.29) is 22.9 Å². The summed E-state index contributed by atoms with van der Waals surface area (Å²) in [6, 6.07) is 29.7. The summed E-state index contributed by atoms with van der Waals surface area (Å²) in [5.74, 6) is -1.69. The molecule has 4 rings (SSSR count). The zero-order valence-corrected chi connectivity index (χ0v) is 23.0. The van der Waals surface area contributed by atoms with Crippen LogP contribution in [0.1, 0.15) is 31.8 Å². The predicted molar refractivity (Wildman–Crippen MR) is 162 cm³/mol. The summed E-state index contributed by atoms with van der Waals surface area (Å²) in [6.45, 7) is 1.97. The molecule has 0 spiro atoms. The third-order valence-corrected chi connectivity index (χ3v) is 6.88. The van der Waals surface area contributed by atoms with E-state index in [4.69, 9.17) is 5.73 Å². The number of hydrogen-bond acceptors (Lipinski definition) is 5. The monoisotopic (exact) mass is 564 g/mol. The molecule has 4 aromatic rings. The highest BCUT2D eigenvalue weighted by Gasteiger charge is 2.15. The third-order valence-electron chi connectivity index (χ3n) is 5.87. The molecule has 5 N–H and O–H groups in total. The number of benzene rings is 4. The van der Waals surface area contributed by atoms with Crippen LogP contribution in [0.4, 0.5) is 11.4 Å². The van der Waals surface area contributed by atoms with Gasteiger partial charge in [-0.3, -0.25) is 19.2 Å². The quantitative estimate of drug-likeness (QED) is 0.155. The molecule has 0 radical (unpaired) electrons. The van der Waals surface area contributed by atoms with Gasteiger partial charge in [-0.2, -0.15) is 0 Å². The van der Waals surface area contributed by atoms with E-state index in [9.17, 15) is 19.2 Å². The molecule has 9 heteroatoms. The fourth-order valence-electron chi connectivity index (χ4n) is 3.75. The highest BCUT2D eigenvalue weighted by Crippen LogP contribution is 2.22. The van der Waals surface area contributed by atoms with Crippen molar-refractivity contribution in [2.45, 2.75) is 11.8 Å². The maximum Gasteiger partial charge on any atom is 0.272 e. The molecule has 0 unspecified atom stereocenters. The highest BCUT2D eigenvalue weighted by atomic mass is 32.2. The molecule has 0 bridgehead atoms. The van der Waals surface area contributed by atoms with Gasteiger partial charge in [0.1, 0.15) is 5.70 Å². The van der Waals surface area contributed by atoms with Gasteiger partial charge in [-0.05, 0) is 67.1 Å². The normalized spacial score (nSPS) is 10.9. The van der Waals surface area contributed by atoms with Crippen molar-refractivity contribution in [2.75, 3.05) is 16.4 Å². The van der Waals surface area contributed by atoms with E-state index in [2.05, 4.69) is 16.0 Å². The Bertz CT molecular complexity index is 1580. The lowest BCUT2D eigenvalue weighted by molar-refractivity contribution is -0.114. The molecule has 0 aromatic heterocycles. The predicted octanol–water partition coefficient (Wildman–Crippen LogP) is 5.23. The van der Waals surface area contributed by atoms with Crippen LogP contribution in [0.3, 0.4) is 0 Å². The summed E-state index contributed by atoms with van der Waals surface area (Å²) < 4.78 is 0. The zero-order valence-electron chi connectivity index (χ0n) is 22.2. The van der Waals surface area contributed by atoms with Gasteiger partial charge in [-0.15, -0.1) is 11.8 Å². The Balaban J connectivity index is 1.40. The molecule has 0 aliphatic heterocycles. The minimum Gasteiger partial charge on any atom is -0.366 e. The smallest absolute Gasteiger partial charge is 0.272 e. The Labute approximate surface area is 242 Å². The largest absolute Gasteiger partial charge is 0.366 e. The average molecular weight is 565 g/mol. The van der Waals surface area contributed by atoms with E-state index < -0.39 is 17.7 Å². The Kier molecular flexibility index (Phi) is 9.69. The summed E-state index contributed by atoms with van der Waals surface area (Å²) in [7, 11) is 0. The minimum atomic E-state index is -0.623. The van der Waals surface area contributed by atoms with Crippen LogP contribution in [0.15, 0.2) is 114 Å². The summed E-state index contributed by atoms with van der Waals surface area (Å²) in [5.41, 5.74) is 8.84. The SMILES string of the molecule is Cc1ccc(/C=C(\NC(=O)c2ccccc2)C(=O)Nc2ccc(SCC(=O)Nc3ccccc3C(N)=O)cc2)cc1. The van der Waals surface area contributed by atoms with Gasteiger partial charge >= 0.3 is 0 Å². The number of carbonyl (C=O) groups excluding carboxylic acids is 4. The van der Waals surface area contributed by atoms with Crippen LogP contribution >= 0.6 is 11.8 Å². The average Bonchev–Trinajstić information content (AvgIpc) is 2.98. The Hall–Kier alpha value is -5.15. The molecular formula is C32H28N4O4S. The van der Waals surface area contributed by atoms with Crippen LogP contribution in [0.5, 0.6) is 0 Å². The van der Waals surface area contributed by atoms with Gasteiger partial charge in [0, 0.05) is 16.1 Å². The number of hydrogen-bond donors (Lipinski definition) is 4. The Morgan fingerprint density at radius 1 is 0.780 bits per heavy atom. The first-order valence-electron chi connectivity index (χ1n) is 12.7. The number of anilines is 2. The summed E-state index contributed by atoms with van der Waals surface area (Å²) in [6.07, 6.45) is 1.62. The van der Waals surface area contributed by atoms with Gasteiger partial charge in [0.25, 0.3) is 17.7 Å². The molecule has 4 amide bonds. The molecule has 0 saturated carbocycles. The van der Waals surface area contributed by atoms with E-state index in [1.807, 2.05) is 37.3 Å². The van der Waals surface area contributed by atoms with Crippen LogP contribution in [0.2, 0.25) is 0 Å². The fraction of sp³-hybridized carbons (Fsp3) is 0.0625. The standard InChI is InChI=1S/C32H28N4O4S/c1-21-11-13-22(14-12-21)19-28(36-31(39)23-7-3-2-4-8-23)32(40)34-24-15-17-25(18-16-24)41-20-29(37)35-27-10-6-5-9-26(27)30(33)38/h2-19H,20H2,1H3,(H2,33,38)(H,34,40)(H,35,37)(H,36,39)/b28-19-. The molecule has 0 aliphatic carbocycles. The maximum absolute atomic E-state index is 13.2. The van der Waals surface area contributed by atoms with Gasteiger partial charge in [0.05, 0.1) is 17.0 Å². The van der Waals surface area contributed by atoms with Crippen LogP contribution in [0.25, 0.3) is 6.08 Å². The summed E-state index contributed by atoms with van der Waals surface area (Å²) in [5, 5.41) is 8.25. The Morgan fingerprint density at radius 3 is 2.12 bits per heavy atom. The highest BCUT2D eigenvalue weighted by molar-refractivity contribution is 8.00. The van der Waals surface area contributed by atoms with Crippen molar-refractivity contribution in [1.82, 2.24) is 5.32 Å². The number of nitrogens with one attached hydrogen (secondary N) is 3. The molecule has 0 atom stereocenters. The number of thioether (sulfide) groups is 1. The molecule has 0 fully saturated rings. The summed E-state index contributed by atoms with van der Waals surface area (Å²) in [4.78, 5) is 50.8. The lowest BCUT2D eigenvalue weighted by atomic mass is 10.1. The number of nitrogens with two attached hydrogens (primary N) is 1. The number of aryl methyl sites for hydroxylation is 1. The molecule has 4 aromatic carbocycles. The molecule has 0 aliphatic rings. The first-order chi connectivity index (χ1) is 19.8. The van der Waals surface area contributed by atoms with E-state index in [1.165, 1.54) is 11.8 Å². The van der Waals surface area contributed by atoms with Crippen molar-refractivity contribution in [3.63, 3.8) is 0 Å². The molecule has 0 saturated heterocycles. The van der Waals surface area contributed by atoms with Crippen molar-refractivity contribution in [2.24, 2.45) is 5.73 Å². The fourth-order valence-corrected chi connectivity index (χ4v) is 4.45. The molecular weight excluding hydrogens is 536 g/mol. The topological polar surface area (TPSA) is 130 Å². The van der Waals surface area contributed by atoms with Crippen LogP contribution in [-0.2, 0) is 9.59 Å². The first-order valence-corrected chi connectivity index (χ1v) is 13.6. The van der Waals surface area contributed by atoms with Crippen LogP contribution in [-0.4, -0.2) is 29.4 Å². The first kappa shape index (κ1) is 28.8. The van der Waals surface area contributed by atoms with Crippen molar-refractivity contribution in [3.8, 4) is 0 Å². The van der Waals surface area contributed by atoms with Crippen molar-refractivity contribution >= 4 is 52.8 Å². The van der Waals surface area contributed by atoms with E-state index in [0.717, 1.165) is 16.0 Å². The van der Waals surface area contributed by atoms with Crippen molar-refractivity contribution in [1.29, 1.82) is 0 Å². The molecule has 41 heavy (non-hydrogen) atoms. The lowest BCUT2D eigenvalue weighted by Crippen LogP contribution is -2.30. The molecule has 8 nitrogen and oxygen atoms in total. The van der Waals surface area contributed by atoms with Gasteiger partial charge in [-0.25, -0.2) is 0 Å². The molecule has 206 valence electrons. The van der Waals surface area contributed by atoms with Gasteiger partial charge in [-0.1, -0.05) is 60.2 Å². The number of amides is 4. The number of para-hydroxylation sites is 1. The van der Waals surface area contributed by atoms with Crippen molar-refractivity contribution < 1.29 is 19.2 Å². The van der Waals surface area contributed by atoms with Gasteiger partial charge in [0.2, 0.25) is 5.91 Å². The van der Waals surface area contributed by atoms with Crippen LogP contribution in [0, 0.1) is 6.92 Å². The summed E-state index contributed by atoms with van der Waals surface area (Å²) >= 11 is 1.30. The number of rotatable bonds is 10. The van der Waals surface area contributed by atoms with Crippen LogP contribution < -0.4 is 21.7 Å². The second-order valence-corrected chi connectivity index (χ2v) is 10.1. The third kappa shape index (κ3) is 8.42. The minimum absolute atomic E-state index is 0.0917.